The summed E-state index contributed by atoms with van der Waals surface area (Å²) in [6, 6.07) is 15.8. The van der Waals surface area contributed by atoms with E-state index in [0.29, 0.717) is 17.7 Å². The normalized spacial score (nSPS) is 18.2. The first-order chi connectivity index (χ1) is 15.0. The van der Waals surface area contributed by atoms with Crippen LogP contribution in [0.3, 0.4) is 0 Å². The van der Waals surface area contributed by atoms with Gasteiger partial charge in [-0.25, -0.2) is 4.39 Å². The molecule has 1 saturated heterocycles. The first-order valence-corrected chi connectivity index (χ1v) is 10.8. The molecule has 0 unspecified atom stereocenters. The van der Waals surface area contributed by atoms with Gasteiger partial charge in [0.15, 0.2) is 0 Å². The Kier molecular flexibility index (Phi) is 6.18. The first-order valence-electron chi connectivity index (χ1n) is 10.8. The van der Waals surface area contributed by atoms with E-state index in [1.165, 1.54) is 17.0 Å². The molecule has 0 aliphatic carbocycles. The van der Waals surface area contributed by atoms with Gasteiger partial charge in [0, 0.05) is 19.6 Å². The van der Waals surface area contributed by atoms with Crippen LogP contribution in [0.15, 0.2) is 60.3 Å². The maximum absolute atomic E-state index is 13.5. The second-order valence-corrected chi connectivity index (χ2v) is 8.37. The van der Waals surface area contributed by atoms with Crippen molar-refractivity contribution in [2.75, 3.05) is 33.7 Å². The molecule has 1 fully saturated rings. The Morgan fingerprint density at radius 1 is 0.968 bits per heavy atom. The molecule has 0 N–H and O–H groups in total. The zero-order valence-corrected chi connectivity index (χ0v) is 18.1. The molecule has 0 spiro atoms. The topological polar surface area (TPSA) is 43.9 Å². The van der Waals surface area contributed by atoms with Crippen LogP contribution in [0.1, 0.15) is 24.0 Å². The van der Waals surface area contributed by atoms with Crippen LogP contribution in [-0.4, -0.2) is 66.3 Å². The highest BCUT2D eigenvalue weighted by molar-refractivity contribution is 6.35. The molecule has 0 bridgehead atoms. The molecular weight excluding hydrogens is 393 g/mol. The van der Waals surface area contributed by atoms with Crippen LogP contribution in [0.5, 0.6) is 0 Å². The number of nitrogens with zero attached hydrogens (tertiary/aromatic N) is 3. The molecule has 31 heavy (non-hydrogen) atoms. The molecule has 0 aromatic heterocycles. The summed E-state index contributed by atoms with van der Waals surface area (Å²) in [7, 11) is 4.04. The summed E-state index contributed by atoms with van der Waals surface area (Å²) in [5, 5.41) is 0. The molecule has 2 aliphatic heterocycles. The molecule has 2 aromatic carbocycles. The summed E-state index contributed by atoms with van der Waals surface area (Å²) in [6.45, 7) is 2.21. The van der Waals surface area contributed by atoms with Gasteiger partial charge in [0.2, 0.25) is 0 Å². The van der Waals surface area contributed by atoms with Crippen molar-refractivity contribution < 1.29 is 14.0 Å². The number of imide groups is 1. The Morgan fingerprint density at radius 3 is 2.26 bits per heavy atom. The molecule has 4 rings (SSSR count). The fourth-order valence-corrected chi connectivity index (χ4v) is 4.42. The van der Waals surface area contributed by atoms with Gasteiger partial charge in [-0.15, -0.1) is 0 Å². The van der Waals surface area contributed by atoms with Crippen molar-refractivity contribution in [2.24, 2.45) is 0 Å². The number of amides is 2. The highest BCUT2D eigenvalue weighted by Gasteiger charge is 2.42. The minimum absolute atomic E-state index is 0.221. The summed E-state index contributed by atoms with van der Waals surface area (Å²) in [6.07, 6.45) is 2.40. The molecular formula is C25H28FN3O2. The predicted molar refractivity (Wildman–Crippen MR) is 118 cm³/mol. The van der Waals surface area contributed by atoms with Crippen LogP contribution in [0.25, 0.3) is 5.57 Å². The lowest BCUT2D eigenvalue weighted by Gasteiger charge is -2.36. The molecule has 0 radical (unpaired) electrons. The summed E-state index contributed by atoms with van der Waals surface area (Å²) < 4.78 is 13.2. The van der Waals surface area contributed by atoms with E-state index in [1.54, 1.807) is 12.1 Å². The zero-order chi connectivity index (χ0) is 22.0. The Balaban J connectivity index is 1.61. The number of carbonyl (C=O) groups is 2. The number of benzene rings is 2. The summed E-state index contributed by atoms with van der Waals surface area (Å²) in [4.78, 5) is 32.5. The van der Waals surface area contributed by atoms with Crippen molar-refractivity contribution in [1.82, 2.24) is 14.7 Å². The van der Waals surface area contributed by atoms with Crippen molar-refractivity contribution in [3.63, 3.8) is 0 Å². The Bertz CT molecular complexity index is 980. The largest absolute Gasteiger partial charge is 0.366 e. The van der Waals surface area contributed by atoms with Gasteiger partial charge in [0.05, 0.1) is 5.57 Å². The van der Waals surface area contributed by atoms with E-state index in [-0.39, 0.29) is 30.2 Å². The summed E-state index contributed by atoms with van der Waals surface area (Å²) in [5.41, 5.74) is 2.62. The van der Waals surface area contributed by atoms with Gasteiger partial charge < -0.3 is 9.80 Å². The van der Waals surface area contributed by atoms with Crippen LogP contribution in [0.2, 0.25) is 0 Å². The number of carbonyl (C=O) groups excluding carboxylic acids is 2. The molecule has 2 aromatic rings. The lowest BCUT2D eigenvalue weighted by atomic mass is 10.0. The van der Waals surface area contributed by atoms with Crippen LogP contribution in [0, 0.1) is 5.82 Å². The third kappa shape index (κ3) is 4.39. The quantitative estimate of drug-likeness (QED) is 0.672. The molecule has 2 heterocycles. The van der Waals surface area contributed by atoms with Gasteiger partial charge in [-0.2, -0.15) is 0 Å². The average molecular weight is 422 g/mol. The van der Waals surface area contributed by atoms with Gasteiger partial charge in [0.25, 0.3) is 11.8 Å². The lowest BCUT2D eigenvalue weighted by molar-refractivity contribution is -0.137. The molecule has 5 nitrogen and oxygen atoms in total. The number of likely N-dealkylation sites (N-methyl/N-ethyl adjacent to an activating group) is 1. The molecule has 2 aliphatic rings. The fraction of sp³-hybridized carbons (Fsp3) is 0.360. The summed E-state index contributed by atoms with van der Waals surface area (Å²) >= 11 is 0. The number of hydrogen-bond donors (Lipinski definition) is 0. The van der Waals surface area contributed by atoms with E-state index < -0.39 is 0 Å². The number of hydrogen-bond acceptors (Lipinski definition) is 4. The second kappa shape index (κ2) is 9.02. The highest BCUT2D eigenvalue weighted by Crippen LogP contribution is 2.33. The molecule has 0 atom stereocenters. The zero-order valence-electron chi connectivity index (χ0n) is 18.1. The molecule has 6 heteroatoms. The number of rotatable bonds is 6. The van der Waals surface area contributed by atoms with Gasteiger partial charge in [-0.1, -0.05) is 42.5 Å². The highest BCUT2D eigenvalue weighted by atomic mass is 19.1. The van der Waals surface area contributed by atoms with Crippen molar-refractivity contribution >= 4 is 17.4 Å². The molecule has 0 saturated carbocycles. The third-order valence-electron chi connectivity index (χ3n) is 6.33. The maximum Gasteiger partial charge on any atom is 0.277 e. The van der Waals surface area contributed by atoms with Gasteiger partial charge in [-0.3, -0.25) is 14.5 Å². The fourth-order valence-electron chi connectivity index (χ4n) is 4.42. The van der Waals surface area contributed by atoms with Crippen LogP contribution < -0.4 is 0 Å². The van der Waals surface area contributed by atoms with E-state index in [9.17, 15) is 14.0 Å². The maximum atomic E-state index is 13.5. The van der Waals surface area contributed by atoms with E-state index in [4.69, 9.17) is 0 Å². The van der Waals surface area contributed by atoms with Crippen molar-refractivity contribution in [3.05, 3.63) is 77.2 Å². The average Bonchev–Trinajstić information content (AvgIpc) is 3.03. The van der Waals surface area contributed by atoms with Crippen LogP contribution in [0.4, 0.5) is 4.39 Å². The minimum atomic E-state index is -0.299. The first kappa shape index (κ1) is 21.2. The van der Waals surface area contributed by atoms with E-state index >= 15 is 0 Å². The minimum Gasteiger partial charge on any atom is -0.366 e. The van der Waals surface area contributed by atoms with Gasteiger partial charge in [-0.05, 0) is 62.7 Å². The molecule has 2 amide bonds. The smallest absolute Gasteiger partial charge is 0.277 e. The van der Waals surface area contributed by atoms with Crippen LogP contribution in [-0.2, 0) is 16.0 Å². The Hall–Kier alpha value is -2.99. The monoisotopic (exact) mass is 421 g/mol. The standard InChI is InChI=1S/C25H28FN3O2/c1-27-15-13-21(14-16-27)28(2)23-22(19-6-4-3-5-7-19)24(30)29(25(23)31)17-12-18-8-10-20(26)11-9-18/h3-11,21H,12-17H2,1-2H3. The molecule has 162 valence electrons. The third-order valence-corrected chi connectivity index (χ3v) is 6.33. The lowest BCUT2D eigenvalue weighted by Crippen LogP contribution is -2.43. The second-order valence-electron chi connectivity index (χ2n) is 8.37. The number of likely N-dealkylation sites (tertiary alicyclic amines) is 1. The predicted octanol–water partition coefficient (Wildman–Crippen LogP) is 3.17. The number of piperidine rings is 1. The Labute approximate surface area is 182 Å². The van der Waals surface area contributed by atoms with Crippen LogP contribution >= 0.6 is 0 Å². The Morgan fingerprint density at radius 2 is 1.61 bits per heavy atom. The summed E-state index contributed by atoms with van der Waals surface area (Å²) in [5.74, 6) is -0.798. The van der Waals surface area contributed by atoms with Crippen molar-refractivity contribution in [2.45, 2.75) is 25.3 Å². The van der Waals surface area contributed by atoms with E-state index in [1.807, 2.05) is 42.3 Å². The SMILES string of the molecule is CN1CCC(N(C)C2=C(c3ccccc3)C(=O)N(CCc3ccc(F)cc3)C2=O)CC1. The van der Waals surface area contributed by atoms with Gasteiger partial charge in [0.1, 0.15) is 11.5 Å². The van der Waals surface area contributed by atoms with Gasteiger partial charge >= 0.3 is 0 Å². The number of halogens is 1. The van der Waals surface area contributed by atoms with E-state index in [0.717, 1.165) is 37.1 Å². The van der Waals surface area contributed by atoms with E-state index in [2.05, 4.69) is 11.9 Å². The van der Waals surface area contributed by atoms with Crippen molar-refractivity contribution in [3.8, 4) is 0 Å². The van der Waals surface area contributed by atoms with Crippen molar-refractivity contribution in [1.29, 1.82) is 0 Å².